The monoisotopic (exact) mass is 325 g/mol. The van der Waals surface area contributed by atoms with Crippen molar-refractivity contribution < 1.29 is 14.7 Å². The van der Waals surface area contributed by atoms with E-state index in [1.165, 1.54) is 24.3 Å². The average Bonchev–Trinajstić information content (AvgIpc) is 2.54. The molecule has 126 valence electrons. The molecule has 0 aliphatic carbocycles. The topological polar surface area (TPSA) is 66.4 Å². The highest BCUT2D eigenvalue weighted by atomic mass is 16.4. The Morgan fingerprint density at radius 3 is 1.71 bits per heavy atom. The molecule has 0 atom stereocenters. The van der Waals surface area contributed by atoms with Gasteiger partial charge >= 0.3 is 5.97 Å². The predicted molar refractivity (Wildman–Crippen MR) is 96.0 cm³/mol. The molecule has 0 spiro atoms. The molecule has 1 amide bonds. The molecule has 0 unspecified atom stereocenters. The molecule has 0 heterocycles. The first-order valence-electron chi connectivity index (χ1n) is 8.08. The van der Waals surface area contributed by atoms with Crippen LogP contribution in [-0.2, 0) is 0 Å². The lowest BCUT2D eigenvalue weighted by Gasteiger charge is -2.20. The zero-order chi connectivity index (χ0) is 17.9. The average molecular weight is 325 g/mol. The largest absolute Gasteiger partial charge is 0.478 e. The molecule has 0 bridgehead atoms. The van der Waals surface area contributed by atoms with Crippen LogP contribution in [0, 0.1) is 0 Å². The molecule has 2 aromatic carbocycles. The molecule has 4 heteroatoms. The number of anilines is 1. The van der Waals surface area contributed by atoms with Gasteiger partial charge in [-0.25, -0.2) is 4.79 Å². The Bertz CT molecular complexity index is 720. The Hall–Kier alpha value is -2.62. The molecular formula is C20H23NO3. The van der Waals surface area contributed by atoms with Gasteiger partial charge in [0.05, 0.1) is 5.56 Å². The number of nitrogens with one attached hydrogen (secondary N) is 1. The number of carboxylic acids is 1. The van der Waals surface area contributed by atoms with Crippen LogP contribution < -0.4 is 5.32 Å². The minimum Gasteiger partial charge on any atom is -0.478 e. The van der Waals surface area contributed by atoms with Crippen molar-refractivity contribution in [1.82, 2.24) is 0 Å². The normalized spacial score (nSPS) is 10.9. The maximum absolute atomic E-state index is 12.6. The van der Waals surface area contributed by atoms with Crippen LogP contribution in [0.15, 0.2) is 42.5 Å². The summed E-state index contributed by atoms with van der Waals surface area (Å²) < 4.78 is 0. The summed E-state index contributed by atoms with van der Waals surface area (Å²) in [6, 6.07) is 12.0. The van der Waals surface area contributed by atoms with E-state index in [1.807, 2.05) is 18.2 Å². The Morgan fingerprint density at radius 2 is 1.29 bits per heavy atom. The summed E-state index contributed by atoms with van der Waals surface area (Å²) in [5.74, 6) is -0.669. The van der Waals surface area contributed by atoms with E-state index in [1.54, 1.807) is 0 Å². The number of hydrogen-bond donors (Lipinski definition) is 2. The second kappa shape index (κ2) is 7.30. The summed E-state index contributed by atoms with van der Waals surface area (Å²) in [4.78, 5) is 23.5. The van der Waals surface area contributed by atoms with Crippen LogP contribution in [-0.4, -0.2) is 17.0 Å². The van der Waals surface area contributed by atoms with Crippen molar-refractivity contribution in [2.75, 3.05) is 5.32 Å². The van der Waals surface area contributed by atoms with E-state index in [9.17, 15) is 9.59 Å². The molecule has 0 aliphatic rings. The Labute approximate surface area is 142 Å². The molecule has 0 aliphatic heterocycles. The summed E-state index contributed by atoms with van der Waals surface area (Å²) >= 11 is 0. The van der Waals surface area contributed by atoms with Crippen molar-refractivity contribution in [3.63, 3.8) is 0 Å². The molecule has 0 radical (unpaired) electrons. The zero-order valence-electron chi connectivity index (χ0n) is 14.5. The lowest BCUT2D eigenvalue weighted by atomic mass is 9.92. The van der Waals surface area contributed by atoms with Gasteiger partial charge in [0, 0.05) is 11.3 Å². The number of carboxylic acid groups (broad SMARTS) is 1. The van der Waals surface area contributed by atoms with Crippen LogP contribution in [0.1, 0.15) is 71.4 Å². The first-order chi connectivity index (χ1) is 11.3. The Morgan fingerprint density at radius 1 is 0.833 bits per heavy atom. The number of carbonyl (C=O) groups excluding carboxylic acids is 1. The highest BCUT2D eigenvalue weighted by Crippen LogP contribution is 2.32. The number of hydrogen-bond acceptors (Lipinski definition) is 2. The van der Waals surface area contributed by atoms with E-state index in [4.69, 9.17) is 5.11 Å². The Kier molecular flexibility index (Phi) is 5.39. The lowest BCUT2D eigenvalue weighted by molar-refractivity contribution is 0.0696. The van der Waals surface area contributed by atoms with Gasteiger partial charge in [-0.2, -0.15) is 0 Å². The van der Waals surface area contributed by atoms with E-state index >= 15 is 0 Å². The fourth-order valence-corrected chi connectivity index (χ4v) is 2.65. The van der Waals surface area contributed by atoms with Gasteiger partial charge in [-0.3, -0.25) is 4.79 Å². The fourth-order valence-electron chi connectivity index (χ4n) is 2.65. The molecule has 2 rings (SSSR count). The van der Waals surface area contributed by atoms with E-state index < -0.39 is 5.97 Å². The predicted octanol–water partition coefficient (Wildman–Crippen LogP) is 4.88. The fraction of sp³-hybridized carbons (Fsp3) is 0.300. The molecule has 2 aromatic rings. The van der Waals surface area contributed by atoms with E-state index in [2.05, 4.69) is 33.0 Å². The van der Waals surface area contributed by atoms with E-state index in [0.717, 1.165) is 16.8 Å². The van der Waals surface area contributed by atoms with Gasteiger partial charge in [0.1, 0.15) is 0 Å². The summed E-state index contributed by atoms with van der Waals surface area (Å²) in [7, 11) is 0. The van der Waals surface area contributed by atoms with Crippen LogP contribution in [0.4, 0.5) is 5.69 Å². The van der Waals surface area contributed by atoms with Gasteiger partial charge in [-0.15, -0.1) is 0 Å². The number of amides is 1. The highest BCUT2D eigenvalue weighted by Gasteiger charge is 2.17. The minimum atomic E-state index is -1.01. The number of benzene rings is 2. The van der Waals surface area contributed by atoms with Gasteiger partial charge in [-0.05, 0) is 47.2 Å². The van der Waals surface area contributed by atoms with Crippen LogP contribution in [0.25, 0.3) is 0 Å². The smallest absolute Gasteiger partial charge is 0.335 e. The van der Waals surface area contributed by atoms with Crippen molar-refractivity contribution in [3.8, 4) is 0 Å². The third kappa shape index (κ3) is 3.82. The van der Waals surface area contributed by atoms with Crippen molar-refractivity contribution in [2.24, 2.45) is 0 Å². The maximum atomic E-state index is 12.6. The molecule has 0 saturated heterocycles. The first kappa shape index (κ1) is 17.7. The number of rotatable bonds is 5. The third-order valence-electron chi connectivity index (χ3n) is 4.01. The number of aromatic carboxylic acids is 1. The quantitative estimate of drug-likeness (QED) is 0.823. The lowest BCUT2D eigenvalue weighted by Crippen LogP contribution is -2.16. The molecule has 0 fully saturated rings. The SMILES string of the molecule is CC(C)c1cccc(C(C)C)c1NC(=O)c1ccc(C(=O)O)cc1. The summed E-state index contributed by atoms with van der Waals surface area (Å²) in [5, 5.41) is 12.0. The van der Waals surface area contributed by atoms with Crippen molar-refractivity contribution in [1.29, 1.82) is 0 Å². The van der Waals surface area contributed by atoms with E-state index in [-0.39, 0.29) is 23.3 Å². The second-order valence-electron chi connectivity index (χ2n) is 6.46. The second-order valence-corrected chi connectivity index (χ2v) is 6.46. The summed E-state index contributed by atoms with van der Waals surface area (Å²) in [5.41, 5.74) is 3.65. The first-order valence-corrected chi connectivity index (χ1v) is 8.08. The van der Waals surface area contributed by atoms with Crippen LogP contribution in [0.5, 0.6) is 0 Å². The van der Waals surface area contributed by atoms with Gasteiger partial charge in [-0.1, -0.05) is 45.9 Å². The summed E-state index contributed by atoms with van der Waals surface area (Å²) in [6.45, 7) is 8.38. The van der Waals surface area contributed by atoms with Crippen molar-refractivity contribution in [2.45, 2.75) is 39.5 Å². The van der Waals surface area contributed by atoms with Gasteiger partial charge in [0.15, 0.2) is 0 Å². The van der Waals surface area contributed by atoms with E-state index in [0.29, 0.717) is 5.56 Å². The summed E-state index contributed by atoms with van der Waals surface area (Å²) in [6.07, 6.45) is 0. The van der Waals surface area contributed by atoms with Gasteiger partial charge in [0.2, 0.25) is 0 Å². The molecular weight excluding hydrogens is 302 g/mol. The zero-order valence-corrected chi connectivity index (χ0v) is 14.5. The van der Waals surface area contributed by atoms with Crippen LogP contribution in [0.3, 0.4) is 0 Å². The van der Waals surface area contributed by atoms with Crippen molar-refractivity contribution >= 4 is 17.6 Å². The molecule has 2 N–H and O–H groups in total. The van der Waals surface area contributed by atoms with Crippen LogP contribution in [0.2, 0.25) is 0 Å². The molecule has 24 heavy (non-hydrogen) atoms. The molecule has 0 saturated carbocycles. The Balaban J connectivity index is 2.35. The number of carbonyl (C=O) groups is 2. The molecule has 4 nitrogen and oxygen atoms in total. The van der Waals surface area contributed by atoms with Gasteiger partial charge < -0.3 is 10.4 Å². The van der Waals surface area contributed by atoms with Crippen LogP contribution >= 0.6 is 0 Å². The molecule has 0 aromatic heterocycles. The standard InChI is InChI=1S/C20H23NO3/c1-12(2)16-6-5-7-17(13(3)4)18(16)21-19(22)14-8-10-15(11-9-14)20(23)24/h5-13H,1-4H3,(H,21,22)(H,23,24). The minimum absolute atomic E-state index is 0.164. The third-order valence-corrected chi connectivity index (χ3v) is 4.01. The van der Waals surface area contributed by atoms with Gasteiger partial charge in [0.25, 0.3) is 5.91 Å². The number of para-hydroxylation sites is 1. The maximum Gasteiger partial charge on any atom is 0.335 e. The highest BCUT2D eigenvalue weighted by molar-refractivity contribution is 6.05. The van der Waals surface area contributed by atoms with Crippen molar-refractivity contribution in [3.05, 3.63) is 64.7 Å².